The van der Waals surface area contributed by atoms with Gasteiger partial charge in [0.05, 0.1) is 11.8 Å². The first-order valence-corrected chi connectivity index (χ1v) is 11.8. The Labute approximate surface area is 206 Å². The van der Waals surface area contributed by atoms with Crippen molar-refractivity contribution in [3.8, 4) is 11.1 Å². The number of nitrogens with zero attached hydrogens (tertiary/aromatic N) is 3. The van der Waals surface area contributed by atoms with E-state index in [0.717, 1.165) is 42.9 Å². The molecule has 8 heteroatoms. The summed E-state index contributed by atoms with van der Waals surface area (Å²) in [5.74, 6) is -2.57. The van der Waals surface area contributed by atoms with Crippen LogP contribution in [0, 0.1) is 11.6 Å². The molecule has 1 aromatic heterocycles. The van der Waals surface area contributed by atoms with Gasteiger partial charge in [-0.15, -0.1) is 0 Å². The van der Waals surface area contributed by atoms with E-state index in [9.17, 15) is 19.1 Å². The van der Waals surface area contributed by atoms with Crippen molar-refractivity contribution in [2.75, 3.05) is 20.1 Å². The smallest absolute Gasteiger partial charge is 0.331 e. The minimum Gasteiger partial charge on any atom is -0.479 e. The normalized spacial score (nSPS) is 15.8. The van der Waals surface area contributed by atoms with Crippen LogP contribution in [0.3, 0.4) is 0 Å². The molecule has 0 bridgehead atoms. The van der Waals surface area contributed by atoms with Crippen molar-refractivity contribution in [2.45, 2.75) is 24.8 Å². The molecule has 1 unspecified atom stereocenters. The van der Waals surface area contributed by atoms with Crippen LogP contribution in [0.5, 0.6) is 0 Å². The second kappa shape index (κ2) is 9.62. The van der Waals surface area contributed by atoms with Crippen LogP contribution in [0.2, 0.25) is 0 Å². The summed E-state index contributed by atoms with van der Waals surface area (Å²) in [4.78, 5) is 31.8. The van der Waals surface area contributed by atoms with Crippen LogP contribution in [0.25, 0.3) is 22.0 Å². The quantitative estimate of drug-likeness (QED) is 0.435. The lowest BCUT2D eigenvalue weighted by Crippen LogP contribution is -2.32. The summed E-state index contributed by atoms with van der Waals surface area (Å²) >= 11 is 0. The Balaban J connectivity index is 1.56. The number of piperidine rings is 1. The number of carboxylic acid groups (broad SMARTS) is 1. The van der Waals surface area contributed by atoms with Gasteiger partial charge in [-0.05, 0) is 68.2 Å². The van der Waals surface area contributed by atoms with Crippen LogP contribution in [0.15, 0.2) is 71.8 Å². The van der Waals surface area contributed by atoms with E-state index in [1.165, 1.54) is 29.8 Å². The Kier molecular flexibility index (Phi) is 6.36. The SMILES string of the molecule is CN1CCC(c2ccc(-c3ccc4ncn(C(C(=O)O)c5ccccc5F)c(=O)c4c3F)cc2)CC1. The van der Waals surface area contributed by atoms with Crippen molar-refractivity contribution in [1.29, 1.82) is 0 Å². The summed E-state index contributed by atoms with van der Waals surface area (Å²) in [5, 5.41) is 9.46. The van der Waals surface area contributed by atoms with Crippen molar-refractivity contribution >= 4 is 16.9 Å². The Morgan fingerprint density at radius 2 is 1.72 bits per heavy atom. The first kappa shape index (κ1) is 23.8. The third kappa shape index (κ3) is 4.28. The first-order chi connectivity index (χ1) is 17.3. The van der Waals surface area contributed by atoms with Crippen molar-refractivity contribution in [2.24, 2.45) is 0 Å². The van der Waals surface area contributed by atoms with Gasteiger partial charge in [-0.2, -0.15) is 0 Å². The molecule has 2 heterocycles. The predicted molar refractivity (Wildman–Crippen MR) is 133 cm³/mol. The highest BCUT2D eigenvalue weighted by molar-refractivity contribution is 5.85. The highest BCUT2D eigenvalue weighted by Crippen LogP contribution is 2.32. The zero-order valence-electron chi connectivity index (χ0n) is 19.7. The van der Waals surface area contributed by atoms with Gasteiger partial charge in [0.2, 0.25) is 0 Å². The van der Waals surface area contributed by atoms with Crippen LogP contribution >= 0.6 is 0 Å². The molecule has 0 radical (unpaired) electrons. The molecule has 4 aromatic rings. The average molecular weight is 490 g/mol. The average Bonchev–Trinajstić information content (AvgIpc) is 2.87. The van der Waals surface area contributed by atoms with Gasteiger partial charge < -0.3 is 10.0 Å². The fourth-order valence-corrected chi connectivity index (χ4v) is 4.97. The molecule has 36 heavy (non-hydrogen) atoms. The predicted octanol–water partition coefficient (Wildman–Crippen LogP) is 4.82. The maximum Gasteiger partial charge on any atom is 0.331 e. The molecule has 0 aliphatic carbocycles. The number of benzene rings is 3. The third-order valence-electron chi connectivity index (χ3n) is 7.01. The number of fused-ring (bicyclic) bond motifs is 1. The number of halogens is 2. The van der Waals surface area contributed by atoms with Crippen molar-refractivity contribution in [1.82, 2.24) is 14.5 Å². The van der Waals surface area contributed by atoms with Gasteiger partial charge in [-0.3, -0.25) is 9.36 Å². The summed E-state index contributed by atoms with van der Waals surface area (Å²) in [6.45, 7) is 2.07. The number of hydrogen-bond acceptors (Lipinski definition) is 4. The van der Waals surface area contributed by atoms with Gasteiger partial charge >= 0.3 is 5.97 Å². The van der Waals surface area contributed by atoms with E-state index in [1.807, 2.05) is 24.3 Å². The van der Waals surface area contributed by atoms with E-state index in [2.05, 4.69) is 16.9 Å². The Bertz CT molecular complexity index is 1490. The Morgan fingerprint density at radius 3 is 2.39 bits per heavy atom. The maximum atomic E-state index is 15.8. The molecule has 1 aliphatic rings. The van der Waals surface area contributed by atoms with Crippen molar-refractivity contribution in [3.63, 3.8) is 0 Å². The molecule has 1 aliphatic heterocycles. The summed E-state index contributed by atoms with van der Waals surface area (Å²) in [6, 6.07) is 14.4. The molecule has 5 rings (SSSR count). The number of carboxylic acids is 1. The minimum absolute atomic E-state index is 0.0955. The summed E-state index contributed by atoms with van der Waals surface area (Å²) in [7, 11) is 2.11. The van der Waals surface area contributed by atoms with E-state index >= 15 is 4.39 Å². The molecule has 3 aromatic carbocycles. The largest absolute Gasteiger partial charge is 0.479 e. The fraction of sp³-hybridized carbons (Fsp3) is 0.250. The zero-order valence-corrected chi connectivity index (χ0v) is 19.7. The van der Waals surface area contributed by atoms with Gasteiger partial charge in [0.25, 0.3) is 5.56 Å². The number of aliphatic carboxylic acids is 1. The monoisotopic (exact) mass is 489 g/mol. The Hall–Kier alpha value is -3.91. The van der Waals surface area contributed by atoms with Crippen LogP contribution in [0.1, 0.15) is 35.9 Å². The number of aromatic nitrogens is 2. The maximum absolute atomic E-state index is 15.8. The fourth-order valence-electron chi connectivity index (χ4n) is 4.97. The molecule has 1 fully saturated rings. The molecule has 184 valence electrons. The van der Waals surface area contributed by atoms with Gasteiger partial charge in [0.15, 0.2) is 6.04 Å². The first-order valence-electron chi connectivity index (χ1n) is 11.8. The second-order valence-corrected chi connectivity index (χ2v) is 9.24. The lowest BCUT2D eigenvalue weighted by molar-refractivity contribution is -0.139. The summed E-state index contributed by atoms with van der Waals surface area (Å²) < 4.78 is 30.9. The molecule has 6 nitrogen and oxygen atoms in total. The molecule has 0 amide bonds. The molecule has 0 saturated carbocycles. The topological polar surface area (TPSA) is 75.4 Å². The molecular formula is C28H25F2N3O3. The van der Waals surface area contributed by atoms with E-state index in [4.69, 9.17) is 0 Å². The second-order valence-electron chi connectivity index (χ2n) is 9.24. The van der Waals surface area contributed by atoms with Gasteiger partial charge in [-0.25, -0.2) is 18.6 Å². The molecule has 0 spiro atoms. The zero-order chi connectivity index (χ0) is 25.4. The lowest BCUT2D eigenvalue weighted by Gasteiger charge is -2.29. The lowest BCUT2D eigenvalue weighted by atomic mass is 9.88. The van der Waals surface area contributed by atoms with E-state index < -0.39 is 29.2 Å². The highest BCUT2D eigenvalue weighted by Gasteiger charge is 2.28. The van der Waals surface area contributed by atoms with Crippen LogP contribution in [-0.2, 0) is 4.79 Å². The highest BCUT2D eigenvalue weighted by atomic mass is 19.1. The standard InChI is InChI=1S/C28H25F2N3O3/c1-32-14-12-18(13-15-32)17-6-8-19(9-7-17)20-10-11-23-24(25(20)30)27(34)33(16-31-23)26(28(35)36)21-4-2-3-5-22(21)29/h2-11,16,18,26H,12-15H2,1H3,(H,35,36). The molecular weight excluding hydrogens is 464 g/mol. The van der Waals surface area contributed by atoms with Crippen LogP contribution < -0.4 is 5.56 Å². The van der Waals surface area contributed by atoms with Crippen LogP contribution in [-0.4, -0.2) is 45.7 Å². The summed E-state index contributed by atoms with van der Waals surface area (Å²) in [5.41, 5.74) is 1.01. The molecule has 1 saturated heterocycles. The third-order valence-corrected chi connectivity index (χ3v) is 7.01. The minimum atomic E-state index is -1.69. The van der Waals surface area contributed by atoms with Gasteiger partial charge in [0, 0.05) is 11.1 Å². The number of hydrogen-bond donors (Lipinski definition) is 1. The molecule has 1 N–H and O–H groups in total. The van der Waals surface area contributed by atoms with Gasteiger partial charge in [-0.1, -0.05) is 42.5 Å². The van der Waals surface area contributed by atoms with E-state index in [-0.39, 0.29) is 22.0 Å². The van der Waals surface area contributed by atoms with Gasteiger partial charge in [0.1, 0.15) is 17.0 Å². The Morgan fingerprint density at radius 1 is 1.03 bits per heavy atom. The number of carbonyl (C=O) groups is 1. The van der Waals surface area contributed by atoms with Crippen LogP contribution in [0.4, 0.5) is 8.78 Å². The van der Waals surface area contributed by atoms with E-state index in [1.54, 1.807) is 6.07 Å². The molecule has 1 atom stereocenters. The van der Waals surface area contributed by atoms with E-state index in [0.29, 0.717) is 11.5 Å². The van der Waals surface area contributed by atoms with Crippen molar-refractivity contribution in [3.05, 3.63) is 100 Å². The summed E-state index contributed by atoms with van der Waals surface area (Å²) in [6.07, 6.45) is 3.15. The number of likely N-dealkylation sites (tertiary alicyclic amines) is 1. The van der Waals surface area contributed by atoms with Crippen molar-refractivity contribution < 1.29 is 18.7 Å². The number of rotatable bonds is 5.